The van der Waals surface area contributed by atoms with Crippen LogP contribution in [0, 0.1) is 18.3 Å². The second kappa shape index (κ2) is 7.98. The maximum absolute atomic E-state index is 4.57. The van der Waals surface area contributed by atoms with E-state index in [2.05, 4.69) is 69.6 Å². The third-order valence-corrected chi connectivity index (χ3v) is 3.88. The third-order valence-electron chi connectivity index (χ3n) is 3.88. The van der Waals surface area contributed by atoms with Gasteiger partial charge in [0.05, 0.1) is 5.69 Å². The van der Waals surface area contributed by atoms with Crippen LogP contribution in [0.3, 0.4) is 0 Å². The van der Waals surface area contributed by atoms with Crippen LogP contribution >= 0.6 is 0 Å². The minimum atomic E-state index is 0.415. The van der Waals surface area contributed by atoms with Crippen molar-refractivity contribution in [2.75, 3.05) is 6.54 Å². The van der Waals surface area contributed by atoms with Gasteiger partial charge in [-0.25, -0.2) is 0 Å². The molecule has 0 bridgehead atoms. The lowest BCUT2D eigenvalue weighted by molar-refractivity contribution is 0.274. The lowest BCUT2D eigenvalue weighted by Gasteiger charge is -2.27. The summed E-state index contributed by atoms with van der Waals surface area (Å²) < 4.78 is 2.15. The molecule has 1 aromatic rings. The molecule has 0 aliphatic carbocycles. The average Bonchev–Trinajstić information content (AvgIpc) is 2.67. The van der Waals surface area contributed by atoms with Gasteiger partial charge in [0.25, 0.3) is 0 Å². The molecule has 0 aromatic carbocycles. The van der Waals surface area contributed by atoms with Crippen molar-refractivity contribution >= 4 is 0 Å². The summed E-state index contributed by atoms with van der Waals surface area (Å²) >= 11 is 0. The first-order valence-corrected chi connectivity index (χ1v) is 8.51. The molecular formula is C18H35N3. The zero-order valence-electron chi connectivity index (χ0n) is 15.2. The van der Waals surface area contributed by atoms with E-state index in [1.807, 2.05) is 0 Å². The summed E-state index contributed by atoms with van der Waals surface area (Å²) in [5, 5.41) is 8.24. The fraction of sp³-hybridized carbons (Fsp3) is 0.833. The van der Waals surface area contributed by atoms with Gasteiger partial charge >= 0.3 is 0 Å². The first-order valence-electron chi connectivity index (χ1n) is 8.51. The highest BCUT2D eigenvalue weighted by Crippen LogP contribution is 2.27. The summed E-state index contributed by atoms with van der Waals surface area (Å²) in [6.07, 6.45) is 3.59. The molecule has 0 aliphatic rings. The van der Waals surface area contributed by atoms with Crippen LogP contribution in [-0.4, -0.2) is 22.4 Å². The molecule has 3 nitrogen and oxygen atoms in total. The van der Waals surface area contributed by atoms with Crippen molar-refractivity contribution in [3.05, 3.63) is 17.5 Å². The Balaban J connectivity index is 2.68. The van der Waals surface area contributed by atoms with Crippen LogP contribution in [0.5, 0.6) is 0 Å². The zero-order chi connectivity index (χ0) is 16.0. The molecule has 122 valence electrons. The fourth-order valence-corrected chi connectivity index (χ4v) is 3.43. The van der Waals surface area contributed by atoms with Crippen molar-refractivity contribution in [3.8, 4) is 0 Å². The standard InChI is InChI=1S/C18H35N3/c1-8-19-16(10-14(3)13-18(5,6)7)12-17-11-15(4)20-21(17)9-2/h11,14,16,19H,8-10,12-13H2,1-7H3. The zero-order valence-corrected chi connectivity index (χ0v) is 15.2. The van der Waals surface area contributed by atoms with E-state index < -0.39 is 0 Å². The molecule has 1 aromatic heterocycles. The SMILES string of the molecule is CCNC(Cc1cc(C)nn1CC)CC(C)CC(C)(C)C. The third kappa shape index (κ3) is 6.64. The molecule has 0 radical (unpaired) electrons. The van der Waals surface area contributed by atoms with Gasteiger partial charge in [0, 0.05) is 24.7 Å². The molecular weight excluding hydrogens is 258 g/mol. The number of hydrogen-bond donors (Lipinski definition) is 1. The first kappa shape index (κ1) is 18.2. The van der Waals surface area contributed by atoms with Gasteiger partial charge < -0.3 is 5.32 Å². The Morgan fingerprint density at radius 2 is 1.95 bits per heavy atom. The number of aromatic nitrogens is 2. The van der Waals surface area contributed by atoms with Crippen molar-refractivity contribution in [3.63, 3.8) is 0 Å². The summed E-state index contributed by atoms with van der Waals surface area (Å²) in [5.74, 6) is 0.744. The molecule has 2 unspecified atom stereocenters. The van der Waals surface area contributed by atoms with E-state index in [9.17, 15) is 0 Å². The monoisotopic (exact) mass is 293 g/mol. The van der Waals surface area contributed by atoms with Gasteiger partial charge in [0.1, 0.15) is 0 Å². The van der Waals surface area contributed by atoms with Gasteiger partial charge in [-0.15, -0.1) is 0 Å². The lowest BCUT2D eigenvalue weighted by Crippen LogP contribution is -2.34. The lowest BCUT2D eigenvalue weighted by atomic mass is 9.82. The Kier molecular flexibility index (Phi) is 6.92. The Morgan fingerprint density at radius 1 is 1.29 bits per heavy atom. The van der Waals surface area contributed by atoms with E-state index in [1.165, 1.54) is 18.5 Å². The smallest absolute Gasteiger partial charge is 0.0596 e. The Morgan fingerprint density at radius 3 is 2.48 bits per heavy atom. The Hall–Kier alpha value is -0.830. The number of nitrogens with zero attached hydrogens (tertiary/aromatic N) is 2. The van der Waals surface area contributed by atoms with Gasteiger partial charge in [-0.3, -0.25) is 4.68 Å². The Labute approximate surface area is 131 Å². The number of nitrogens with one attached hydrogen (secondary N) is 1. The minimum Gasteiger partial charge on any atom is -0.314 e. The van der Waals surface area contributed by atoms with E-state index >= 15 is 0 Å². The van der Waals surface area contributed by atoms with E-state index in [4.69, 9.17) is 0 Å². The van der Waals surface area contributed by atoms with Gasteiger partial charge in [-0.2, -0.15) is 5.10 Å². The molecule has 0 spiro atoms. The van der Waals surface area contributed by atoms with Crippen LogP contribution in [0.4, 0.5) is 0 Å². The van der Waals surface area contributed by atoms with Crippen LogP contribution in [0.1, 0.15) is 65.8 Å². The second-order valence-corrected chi connectivity index (χ2v) is 7.66. The van der Waals surface area contributed by atoms with Crippen molar-refractivity contribution in [1.29, 1.82) is 0 Å². The van der Waals surface area contributed by atoms with Gasteiger partial charge in [-0.1, -0.05) is 34.6 Å². The predicted octanol–water partition coefficient (Wildman–Crippen LogP) is 4.19. The molecule has 0 saturated carbocycles. The van der Waals surface area contributed by atoms with Crippen LogP contribution < -0.4 is 5.32 Å². The predicted molar refractivity (Wildman–Crippen MR) is 91.7 cm³/mol. The first-order chi connectivity index (χ1) is 9.75. The largest absolute Gasteiger partial charge is 0.314 e. The summed E-state index contributed by atoms with van der Waals surface area (Å²) in [6.45, 7) is 17.8. The quantitative estimate of drug-likeness (QED) is 0.778. The number of hydrogen-bond acceptors (Lipinski definition) is 2. The van der Waals surface area contributed by atoms with E-state index in [-0.39, 0.29) is 0 Å². The molecule has 0 aliphatic heterocycles. The van der Waals surface area contributed by atoms with Gasteiger partial charge in [-0.05, 0) is 50.6 Å². The highest BCUT2D eigenvalue weighted by atomic mass is 15.3. The normalized spacial score (nSPS) is 15.2. The molecule has 2 atom stereocenters. The molecule has 3 heteroatoms. The van der Waals surface area contributed by atoms with Crippen molar-refractivity contribution < 1.29 is 0 Å². The topological polar surface area (TPSA) is 29.9 Å². The number of rotatable bonds is 8. The van der Waals surface area contributed by atoms with Gasteiger partial charge in [0.2, 0.25) is 0 Å². The molecule has 21 heavy (non-hydrogen) atoms. The molecule has 1 heterocycles. The summed E-state index contributed by atoms with van der Waals surface area (Å²) in [5.41, 5.74) is 2.91. The summed E-state index contributed by atoms with van der Waals surface area (Å²) in [7, 11) is 0. The molecule has 1 N–H and O–H groups in total. The molecule has 0 amide bonds. The van der Waals surface area contributed by atoms with Crippen molar-refractivity contribution in [2.24, 2.45) is 11.3 Å². The Bertz CT molecular complexity index is 415. The summed E-state index contributed by atoms with van der Waals surface area (Å²) in [4.78, 5) is 0. The van der Waals surface area contributed by atoms with Gasteiger partial charge in [0.15, 0.2) is 0 Å². The highest BCUT2D eigenvalue weighted by Gasteiger charge is 2.20. The minimum absolute atomic E-state index is 0.415. The van der Waals surface area contributed by atoms with Crippen LogP contribution in [0.2, 0.25) is 0 Å². The second-order valence-electron chi connectivity index (χ2n) is 7.66. The number of likely N-dealkylation sites (N-methyl/N-ethyl adjacent to an activating group) is 1. The fourth-order valence-electron chi connectivity index (χ4n) is 3.43. The maximum Gasteiger partial charge on any atom is 0.0596 e. The molecule has 0 fully saturated rings. The van der Waals surface area contributed by atoms with Crippen molar-refractivity contribution in [1.82, 2.24) is 15.1 Å². The number of aryl methyl sites for hydroxylation is 2. The van der Waals surface area contributed by atoms with E-state index in [1.54, 1.807) is 0 Å². The average molecular weight is 293 g/mol. The van der Waals surface area contributed by atoms with E-state index in [0.717, 1.165) is 31.1 Å². The molecule has 0 saturated heterocycles. The summed E-state index contributed by atoms with van der Waals surface area (Å²) in [6, 6.07) is 2.79. The molecule has 1 rings (SSSR count). The van der Waals surface area contributed by atoms with Crippen LogP contribution in [0.15, 0.2) is 6.07 Å². The maximum atomic E-state index is 4.57. The van der Waals surface area contributed by atoms with Crippen LogP contribution in [-0.2, 0) is 13.0 Å². The highest BCUT2D eigenvalue weighted by molar-refractivity contribution is 5.10. The van der Waals surface area contributed by atoms with Crippen LogP contribution in [0.25, 0.3) is 0 Å². The van der Waals surface area contributed by atoms with E-state index in [0.29, 0.717) is 11.5 Å². The van der Waals surface area contributed by atoms with Crippen molar-refractivity contribution in [2.45, 2.75) is 80.3 Å².